The third-order valence-corrected chi connectivity index (χ3v) is 3.78. The summed E-state index contributed by atoms with van der Waals surface area (Å²) in [7, 11) is 0. The van der Waals surface area contributed by atoms with Crippen molar-refractivity contribution in [1.82, 2.24) is 10.6 Å². The van der Waals surface area contributed by atoms with E-state index in [4.69, 9.17) is 4.42 Å². The van der Waals surface area contributed by atoms with E-state index >= 15 is 0 Å². The summed E-state index contributed by atoms with van der Waals surface area (Å²) in [6, 6.07) is 11.9. The molecule has 0 aliphatic carbocycles. The third kappa shape index (κ3) is 4.65. The Morgan fingerprint density at radius 3 is 2.59 bits per heavy atom. The zero-order chi connectivity index (χ0) is 15.9. The standard InChI is InChI=1S/C18H24N2O2/c1-13-7-4-5-9-17(13)15(3)20-18(21)19-14(2)10-11-16-8-6-12-22-16/h4-9,12,14-15H,10-11H2,1-3H3,(H2,19,20,21)/t14-,15-/m1/s1. The van der Waals surface area contributed by atoms with Crippen molar-refractivity contribution in [3.63, 3.8) is 0 Å². The topological polar surface area (TPSA) is 54.3 Å². The van der Waals surface area contributed by atoms with Gasteiger partial charge in [0.05, 0.1) is 12.3 Å². The fourth-order valence-corrected chi connectivity index (χ4v) is 2.50. The van der Waals surface area contributed by atoms with Crippen LogP contribution < -0.4 is 10.6 Å². The van der Waals surface area contributed by atoms with Crippen LogP contribution in [0.3, 0.4) is 0 Å². The first-order valence-electron chi connectivity index (χ1n) is 7.71. The average Bonchev–Trinajstić information content (AvgIpc) is 2.98. The van der Waals surface area contributed by atoms with Gasteiger partial charge in [0, 0.05) is 12.5 Å². The van der Waals surface area contributed by atoms with Crippen molar-refractivity contribution in [2.45, 2.75) is 45.7 Å². The zero-order valence-corrected chi connectivity index (χ0v) is 13.4. The number of aryl methyl sites for hydroxylation is 2. The number of furan rings is 1. The predicted molar refractivity (Wildman–Crippen MR) is 87.8 cm³/mol. The number of nitrogens with one attached hydrogen (secondary N) is 2. The van der Waals surface area contributed by atoms with Crippen LogP contribution in [0.15, 0.2) is 47.1 Å². The van der Waals surface area contributed by atoms with Crippen molar-refractivity contribution >= 4 is 6.03 Å². The normalized spacial score (nSPS) is 13.4. The van der Waals surface area contributed by atoms with Crippen LogP contribution in [-0.2, 0) is 6.42 Å². The molecular weight excluding hydrogens is 276 g/mol. The Morgan fingerprint density at radius 1 is 1.14 bits per heavy atom. The number of hydrogen-bond donors (Lipinski definition) is 2. The van der Waals surface area contributed by atoms with Crippen LogP contribution in [-0.4, -0.2) is 12.1 Å². The molecule has 1 aromatic heterocycles. The van der Waals surface area contributed by atoms with Gasteiger partial charge in [-0.3, -0.25) is 0 Å². The van der Waals surface area contributed by atoms with Crippen LogP contribution in [0.25, 0.3) is 0 Å². The maximum absolute atomic E-state index is 12.1. The van der Waals surface area contributed by atoms with Crippen molar-refractivity contribution < 1.29 is 9.21 Å². The lowest BCUT2D eigenvalue weighted by Crippen LogP contribution is -2.42. The summed E-state index contributed by atoms with van der Waals surface area (Å²) in [4.78, 5) is 12.1. The van der Waals surface area contributed by atoms with Gasteiger partial charge in [0.2, 0.25) is 0 Å². The SMILES string of the molecule is Cc1ccccc1[C@@H](C)NC(=O)N[C@H](C)CCc1ccco1. The molecule has 0 bridgehead atoms. The van der Waals surface area contributed by atoms with E-state index in [1.54, 1.807) is 6.26 Å². The molecule has 1 aromatic carbocycles. The molecule has 2 atom stereocenters. The molecule has 4 heteroatoms. The molecular formula is C18H24N2O2. The van der Waals surface area contributed by atoms with Gasteiger partial charge < -0.3 is 15.1 Å². The minimum atomic E-state index is -0.136. The summed E-state index contributed by atoms with van der Waals surface area (Å²) in [6.45, 7) is 6.05. The van der Waals surface area contributed by atoms with Gasteiger partial charge in [-0.25, -0.2) is 4.79 Å². The molecule has 0 aliphatic heterocycles. The van der Waals surface area contributed by atoms with Crippen LogP contribution in [0.5, 0.6) is 0 Å². The van der Waals surface area contributed by atoms with Gasteiger partial charge in [-0.05, 0) is 50.5 Å². The lowest BCUT2D eigenvalue weighted by atomic mass is 10.0. The van der Waals surface area contributed by atoms with Crippen LogP contribution >= 0.6 is 0 Å². The molecule has 4 nitrogen and oxygen atoms in total. The predicted octanol–water partition coefficient (Wildman–Crippen LogP) is 3.97. The molecule has 1 heterocycles. The zero-order valence-electron chi connectivity index (χ0n) is 13.4. The molecule has 0 aliphatic rings. The van der Waals surface area contributed by atoms with E-state index in [0.29, 0.717) is 0 Å². The quantitative estimate of drug-likeness (QED) is 0.848. The smallest absolute Gasteiger partial charge is 0.315 e. The van der Waals surface area contributed by atoms with Gasteiger partial charge in [-0.1, -0.05) is 24.3 Å². The number of hydrogen-bond acceptors (Lipinski definition) is 2. The van der Waals surface area contributed by atoms with E-state index in [9.17, 15) is 4.79 Å². The Kier molecular flexibility index (Phi) is 5.64. The van der Waals surface area contributed by atoms with E-state index in [0.717, 1.165) is 24.2 Å². The van der Waals surface area contributed by atoms with Crippen molar-refractivity contribution in [1.29, 1.82) is 0 Å². The second kappa shape index (κ2) is 7.69. The minimum absolute atomic E-state index is 0.0153. The number of carbonyl (C=O) groups is 1. The maximum atomic E-state index is 12.1. The number of urea groups is 1. The second-order valence-electron chi connectivity index (χ2n) is 5.72. The summed E-state index contributed by atoms with van der Waals surface area (Å²) in [6.07, 6.45) is 3.34. The monoisotopic (exact) mass is 300 g/mol. The van der Waals surface area contributed by atoms with Crippen molar-refractivity contribution in [3.8, 4) is 0 Å². The highest BCUT2D eigenvalue weighted by Gasteiger charge is 2.13. The lowest BCUT2D eigenvalue weighted by molar-refractivity contribution is 0.234. The highest BCUT2D eigenvalue weighted by molar-refractivity contribution is 5.74. The number of rotatable bonds is 6. The Balaban J connectivity index is 1.78. The van der Waals surface area contributed by atoms with E-state index in [2.05, 4.69) is 23.6 Å². The van der Waals surface area contributed by atoms with Gasteiger partial charge >= 0.3 is 6.03 Å². The van der Waals surface area contributed by atoms with Gasteiger partial charge in [0.15, 0.2) is 0 Å². The summed E-state index contributed by atoms with van der Waals surface area (Å²) in [5.41, 5.74) is 2.32. The number of amides is 2. The molecule has 0 saturated heterocycles. The molecule has 2 amide bonds. The van der Waals surface area contributed by atoms with Crippen LogP contribution in [0.1, 0.15) is 43.2 Å². The second-order valence-corrected chi connectivity index (χ2v) is 5.72. The van der Waals surface area contributed by atoms with Crippen molar-refractivity contribution in [2.75, 3.05) is 0 Å². The van der Waals surface area contributed by atoms with Crippen LogP contribution in [0, 0.1) is 6.92 Å². The summed E-state index contributed by atoms with van der Waals surface area (Å²) >= 11 is 0. The fourth-order valence-electron chi connectivity index (χ4n) is 2.50. The molecule has 2 rings (SSSR count). The summed E-state index contributed by atoms with van der Waals surface area (Å²) in [5, 5.41) is 5.96. The van der Waals surface area contributed by atoms with Crippen molar-refractivity contribution in [3.05, 3.63) is 59.5 Å². The molecule has 0 fully saturated rings. The van der Waals surface area contributed by atoms with E-state index < -0.39 is 0 Å². The fraction of sp³-hybridized carbons (Fsp3) is 0.389. The first-order valence-corrected chi connectivity index (χ1v) is 7.71. The molecule has 0 unspecified atom stereocenters. The largest absolute Gasteiger partial charge is 0.469 e. The van der Waals surface area contributed by atoms with Gasteiger partial charge in [0.25, 0.3) is 0 Å². The summed E-state index contributed by atoms with van der Waals surface area (Å²) < 4.78 is 5.30. The van der Waals surface area contributed by atoms with Crippen molar-refractivity contribution in [2.24, 2.45) is 0 Å². The first kappa shape index (κ1) is 16.1. The van der Waals surface area contributed by atoms with Crippen LogP contribution in [0.2, 0.25) is 0 Å². The highest BCUT2D eigenvalue weighted by Crippen LogP contribution is 2.16. The third-order valence-electron chi connectivity index (χ3n) is 3.78. The minimum Gasteiger partial charge on any atom is -0.469 e. The summed E-state index contributed by atoms with van der Waals surface area (Å²) in [5.74, 6) is 0.947. The van der Waals surface area contributed by atoms with Gasteiger partial charge in [-0.2, -0.15) is 0 Å². The van der Waals surface area contributed by atoms with Gasteiger partial charge in [-0.15, -0.1) is 0 Å². The molecule has 2 aromatic rings. The molecule has 0 radical (unpaired) electrons. The number of carbonyl (C=O) groups excluding carboxylic acids is 1. The molecule has 118 valence electrons. The molecule has 22 heavy (non-hydrogen) atoms. The Labute approximate surface area is 131 Å². The highest BCUT2D eigenvalue weighted by atomic mass is 16.3. The molecule has 0 saturated carbocycles. The average molecular weight is 300 g/mol. The Hall–Kier alpha value is -2.23. The first-order chi connectivity index (χ1) is 10.6. The molecule has 2 N–H and O–H groups in total. The molecule has 0 spiro atoms. The van der Waals surface area contributed by atoms with Gasteiger partial charge in [0.1, 0.15) is 5.76 Å². The maximum Gasteiger partial charge on any atom is 0.315 e. The van der Waals surface area contributed by atoms with E-state index in [1.807, 2.05) is 44.2 Å². The van der Waals surface area contributed by atoms with Crippen LogP contribution in [0.4, 0.5) is 4.79 Å². The van der Waals surface area contributed by atoms with E-state index in [-0.39, 0.29) is 18.1 Å². The van der Waals surface area contributed by atoms with E-state index in [1.165, 1.54) is 5.56 Å². The Bertz CT molecular complexity index is 593. The lowest BCUT2D eigenvalue weighted by Gasteiger charge is -2.19. The Morgan fingerprint density at radius 2 is 1.91 bits per heavy atom. The number of benzene rings is 1.